The van der Waals surface area contributed by atoms with Gasteiger partial charge in [-0.05, 0) is 25.1 Å². The molecule has 0 bridgehead atoms. The number of carbonyl (C=O) groups excluding carboxylic acids is 1. The molecule has 108 valence electrons. The molecule has 5 nitrogen and oxygen atoms in total. The lowest BCUT2D eigenvalue weighted by Crippen LogP contribution is -2.36. The molecule has 1 amide bonds. The van der Waals surface area contributed by atoms with Crippen LogP contribution >= 0.6 is 0 Å². The molecule has 0 heterocycles. The van der Waals surface area contributed by atoms with Crippen molar-refractivity contribution in [2.24, 2.45) is 0 Å². The van der Waals surface area contributed by atoms with Crippen molar-refractivity contribution < 1.29 is 9.53 Å². The highest BCUT2D eigenvalue weighted by atomic mass is 16.5. The van der Waals surface area contributed by atoms with Gasteiger partial charge in [-0.1, -0.05) is 19.1 Å². The lowest BCUT2D eigenvalue weighted by atomic mass is 10.2. The highest BCUT2D eigenvalue weighted by Crippen LogP contribution is 2.16. The molecule has 0 aliphatic heterocycles. The van der Waals surface area contributed by atoms with Crippen molar-refractivity contribution in [3.05, 3.63) is 29.8 Å². The van der Waals surface area contributed by atoms with Crippen LogP contribution in [-0.4, -0.2) is 44.1 Å². The first-order valence-electron chi connectivity index (χ1n) is 6.76. The first-order valence-corrected chi connectivity index (χ1v) is 6.76. The zero-order valence-electron chi connectivity index (χ0n) is 12.1. The summed E-state index contributed by atoms with van der Waals surface area (Å²) in [5, 5.41) is 11.6. The number of nitrogens with one attached hydrogen (secondary N) is 1. The molecule has 0 atom stereocenters. The van der Waals surface area contributed by atoms with Gasteiger partial charge in [-0.25, -0.2) is 0 Å². The molecular weight excluding hydrogens is 254 g/mol. The van der Waals surface area contributed by atoms with E-state index in [1.54, 1.807) is 19.2 Å². The number of rotatable bonds is 8. The molecule has 0 saturated heterocycles. The molecule has 5 heteroatoms. The second-order valence-corrected chi connectivity index (χ2v) is 4.35. The van der Waals surface area contributed by atoms with Gasteiger partial charge in [0.15, 0.2) is 0 Å². The summed E-state index contributed by atoms with van der Waals surface area (Å²) in [5.41, 5.74) is 0.546. The third kappa shape index (κ3) is 5.29. The van der Waals surface area contributed by atoms with E-state index in [0.717, 1.165) is 19.5 Å². The van der Waals surface area contributed by atoms with Gasteiger partial charge in [0.1, 0.15) is 11.8 Å². The van der Waals surface area contributed by atoms with Gasteiger partial charge < -0.3 is 10.1 Å². The predicted molar refractivity (Wildman–Crippen MR) is 77.4 cm³/mol. The number of likely N-dealkylation sites (N-methyl/N-ethyl adjacent to an activating group) is 2. The van der Waals surface area contributed by atoms with Crippen LogP contribution in [0.5, 0.6) is 5.75 Å². The molecule has 0 aromatic heterocycles. The van der Waals surface area contributed by atoms with Crippen LogP contribution in [0.4, 0.5) is 0 Å². The molecule has 0 unspecified atom stereocenters. The van der Waals surface area contributed by atoms with Crippen LogP contribution in [0.2, 0.25) is 0 Å². The molecule has 0 fully saturated rings. The maximum absolute atomic E-state index is 11.3. The van der Waals surface area contributed by atoms with Gasteiger partial charge in [-0.15, -0.1) is 0 Å². The van der Waals surface area contributed by atoms with E-state index in [1.807, 2.05) is 19.1 Å². The Hall–Kier alpha value is -2.06. The number of nitriles is 1. The van der Waals surface area contributed by atoms with E-state index in [-0.39, 0.29) is 5.91 Å². The predicted octanol–water partition coefficient (Wildman–Crippen LogP) is 1.40. The normalized spacial score (nSPS) is 10.1. The van der Waals surface area contributed by atoms with E-state index in [0.29, 0.717) is 24.5 Å². The summed E-state index contributed by atoms with van der Waals surface area (Å²) in [5.74, 6) is 0.631. The van der Waals surface area contributed by atoms with Gasteiger partial charge in [0, 0.05) is 13.6 Å². The minimum atomic E-state index is 0.0163. The number of carbonyl (C=O) groups is 1. The first-order chi connectivity index (χ1) is 9.71. The van der Waals surface area contributed by atoms with Crippen molar-refractivity contribution in [1.29, 1.82) is 5.26 Å². The van der Waals surface area contributed by atoms with E-state index in [4.69, 9.17) is 10.00 Å². The Balaban J connectivity index is 2.33. The van der Waals surface area contributed by atoms with Crippen LogP contribution in [0.3, 0.4) is 0 Å². The minimum Gasteiger partial charge on any atom is -0.492 e. The summed E-state index contributed by atoms with van der Waals surface area (Å²) in [6, 6.07) is 9.29. The van der Waals surface area contributed by atoms with Gasteiger partial charge in [-0.2, -0.15) is 5.26 Å². The maximum atomic E-state index is 11.3. The van der Waals surface area contributed by atoms with E-state index < -0.39 is 0 Å². The summed E-state index contributed by atoms with van der Waals surface area (Å²) in [6.07, 6.45) is 0.810. The van der Waals surface area contributed by atoms with Crippen LogP contribution in [0.25, 0.3) is 0 Å². The van der Waals surface area contributed by atoms with Crippen molar-refractivity contribution in [2.45, 2.75) is 13.3 Å². The molecule has 1 aromatic rings. The monoisotopic (exact) mass is 275 g/mol. The molecule has 1 rings (SSSR count). The Morgan fingerprint density at radius 3 is 2.85 bits per heavy atom. The third-order valence-electron chi connectivity index (χ3n) is 2.98. The van der Waals surface area contributed by atoms with Gasteiger partial charge >= 0.3 is 0 Å². The average Bonchev–Trinajstić information content (AvgIpc) is 2.50. The number of benzene rings is 1. The molecular formula is C15H21N3O2. The van der Waals surface area contributed by atoms with E-state index in [2.05, 4.69) is 16.3 Å². The summed E-state index contributed by atoms with van der Waals surface area (Å²) in [4.78, 5) is 13.4. The lowest BCUT2D eigenvalue weighted by molar-refractivity contribution is -0.121. The summed E-state index contributed by atoms with van der Waals surface area (Å²) in [6.45, 7) is 4.57. The number of amides is 1. The topological polar surface area (TPSA) is 65.4 Å². The number of hydrogen-bond donors (Lipinski definition) is 1. The van der Waals surface area contributed by atoms with Crippen molar-refractivity contribution in [3.63, 3.8) is 0 Å². The van der Waals surface area contributed by atoms with Crippen LogP contribution in [-0.2, 0) is 4.79 Å². The summed E-state index contributed by atoms with van der Waals surface area (Å²) >= 11 is 0. The van der Waals surface area contributed by atoms with Crippen LogP contribution in [0.1, 0.15) is 18.9 Å². The SMILES string of the molecule is CCN(CCCOc1ccccc1C#N)CC(=O)NC. The Morgan fingerprint density at radius 1 is 1.45 bits per heavy atom. The summed E-state index contributed by atoms with van der Waals surface area (Å²) < 4.78 is 5.60. The van der Waals surface area contributed by atoms with E-state index >= 15 is 0 Å². The fraction of sp³-hybridized carbons (Fsp3) is 0.467. The van der Waals surface area contributed by atoms with Gasteiger partial charge in [0.2, 0.25) is 5.91 Å². The van der Waals surface area contributed by atoms with Gasteiger partial charge in [-0.3, -0.25) is 9.69 Å². The van der Waals surface area contributed by atoms with E-state index in [1.165, 1.54) is 0 Å². The molecule has 0 aliphatic rings. The molecule has 0 saturated carbocycles. The molecule has 0 radical (unpaired) electrons. The highest BCUT2D eigenvalue weighted by molar-refractivity contribution is 5.77. The number of ether oxygens (including phenoxy) is 1. The molecule has 1 aromatic carbocycles. The summed E-state index contributed by atoms with van der Waals surface area (Å²) in [7, 11) is 1.64. The zero-order chi connectivity index (χ0) is 14.8. The number of nitrogens with zero attached hydrogens (tertiary/aromatic N) is 2. The zero-order valence-corrected chi connectivity index (χ0v) is 12.1. The number of hydrogen-bond acceptors (Lipinski definition) is 4. The van der Waals surface area contributed by atoms with Gasteiger partial charge in [0.25, 0.3) is 0 Å². The standard InChI is InChI=1S/C15H21N3O2/c1-3-18(12-15(19)17-2)9-6-10-20-14-8-5-4-7-13(14)11-16/h4-5,7-8H,3,6,9-10,12H2,1-2H3,(H,17,19). The van der Waals surface area contributed by atoms with Crippen LogP contribution in [0.15, 0.2) is 24.3 Å². The largest absolute Gasteiger partial charge is 0.492 e. The van der Waals surface area contributed by atoms with Crippen LogP contribution in [0, 0.1) is 11.3 Å². The first kappa shape index (κ1) is 16.0. The van der Waals surface area contributed by atoms with Crippen LogP contribution < -0.4 is 10.1 Å². The fourth-order valence-corrected chi connectivity index (χ4v) is 1.79. The Labute approximate surface area is 120 Å². The molecule has 0 aliphatic carbocycles. The second kappa shape index (κ2) is 8.94. The Kier molecular flexibility index (Phi) is 7.15. The Bertz CT molecular complexity index is 468. The average molecular weight is 275 g/mol. The number of para-hydroxylation sites is 1. The van der Waals surface area contributed by atoms with Crippen molar-refractivity contribution in [1.82, 2.24) is 10.2 Å². The van der Waals surface area contributed by atoms with Crippen molar-refractivity contribution in [2.75, 3.05) is 33.3 Å². The molecule has 20 heavy (non-hydrogen) atoms. The van der Waals surface area contributed by atoms with Gasteiger partial charge in [0.05, 0.1) is 18.7 Å². The molecule has 1 N–H and O–H groups in total. The van der Waals surface area contributed by atoms with Crippen molar-refractivity contribution in [3.8, 4) is 11.8 Å². The quantitative estimate of drug-likeness (QED) is 0.728. The van der Waals surface area contributed by atoms with Crippen molar-refractivity contribution >= 4 is 5.91 Å². The Morgan fingerprint density at radius 2 is 2.20 bits per heavy atom. The second-order valence-electron chi connectivity index (χ2n) is 4.35. The highest BCUT2D eigenvalue weighted by Gasteiger charge is 2.07. The molecule has 0 spiro atoms. The minimum absolute atomic E-state index is 0.0163. The third-order valence-corrected chi connectivity index (χ3v) is 2.98. The maximum Gasteiger partial charge on any atom is 0.233 e. The fourth-order valence-electron chi connectivity index (χ4n) is 1.79. The smallest absolute Gasteiger partial charge is 0.233 e. The lowest BCUT2D eigenvalue weighted by Gasteiger charge is -2.19. The van der Waals surface area contributed by atoms with E-state index in [9.17, 15) is 4.79 Å².